The van der Waals surface area contributed by atoms with Gasteiger partial charge < -0.3 is 24.7 Å². The number of pyridine rings is 2. The molecule has 0 spiro atoms. The van der Waals surface area contributed by atoms with Crippen LogP contribution in [0.1, 0.15) is 57.8 Å². The zero-order valence-corrected chi connectivity index (χ0v) is 30.1. The van der Waals surface area contributed by atoms with E-state index in [0.29, 0.717) is 34.1 Å². The van der Waals surface area contributed by atoms with Crippen LogP contribution in [-0.2, 0) is 9.59 Å². The summed E-state index contributed by atoms with van der Waals surface area (Å²) < 4.78 is 16.8. The van der Waals surface area contributed by atoms with Gasteiger partial charge >= 0.3 is 0 Å². The van der Waals surface area contributed by atoms with Gasteiger partial charge in [-0.25, -0.2) is 19.3 Å². The highest BCUT2D eigenvalue weighted by Crippen LogP contribution is 2.46. The van der Waals surface area contributed by atoms with Crippen molar-refractivity contribution in [3.8, 4) is 22.7 Å². The van der Waals surface area contributed by atoms with Crippen LogP contribution in [0.4, 0.5) is 21.7 Å². The van der Waals surface area contributed by atoms with Crippen molar-refractivity contribution in [3.63, 3.8) is 0 Å². The van der Waals surface area contributed by atoms with Gasteiger partial charge in [0, 0.05) is 39.1 Å². The quantitative estimate of drug-likeness (QED) is 0.269. The molecule has 2 amide bonds. The number of likely N-dealkylation sites (N-methyl/N-ethyl adjacent to an activating group) is 1. The summed E-state index contributed by atoms with van der Waals surface area (Å²) >= 11 is 6.92. The van der Waals surface area contributed by atoms with E-state index in [0.717, 1.165) is 0 Å². The van der Waals surface area contributed by atoms with E-state index >= 15 is 9.18 Å². The van der Waals surface area contributed by atoms with Crippen molar-refractivity contribution in [2.45, 2.75) is 58.5 Å². The third-order valence-corrected chi connectivity index (χ3v) is 9.60. The zero-order chi connectivity index (χ0) is 36.5. The smallest absolute Gasteiger partial charge is 0.283 e. The molecule has 0 unspecified atom stereocenters. The number of halogens is 2. The molecule has 2 aliphatic rings. The summed E-state index contributed by atoms with van der Waals surface area (Å²) in [5, 5.41) is 11.2. The Morgan fingerprint density at radius 1 is 1.06 bits per heavy atom. The second-order valence-electron chi connectivity index (χ2n) is 13.6. The molecular formula is C36H40ClFN8O4. The van der Waals surface area contributed by atoms with E-state index in [9.17, 15) is 14.7 Å². The van der Waals surface area contributed by atoms with Crippen molar-refractivity contribution < 1.29 is 19.1 Å². The number of aromatic nitrogens is 4. The molecule has 1 aromatic carbocycles. The third kappa shape index (κ3) is 5.34. The molecule has 0 radical (unpaired) electrons. The number of benzene rings is 1. The van der Waals surface area contributed by atoms with Crippen molar-refractivity contribution in [3.05, 3.63) is 69.5 Å². The van der Waals surface area contributed by atoms with Gasteiger partial charge in [0.2, 0.25) is 11.9 Å². The predicted molar refractivity (Wildman–Crippen MR) is 193 cm³/mol. The summed E-state index contributed by atoms with van der Waals surface area (Å²) in [4.78, 5) is 63.3. The van der Waals surface area contributed by atoms with Crippen LogP contribution in [0.15, 0.2) is 41.7 Å². The Kier molecular flexibility index (Phi) is 8.83. The number of phenols is 1. The van der Waals surface area contributed by atoms with Crippen LogP contribution in [0.5, 0.6) is 5.75 Å². The normalized spacial score (nSPS) is 17.4. The first kappa shape index (κ1) is 34.8. The molecule has 1 saturated heterocycles. The Balaban J connectivity index is 1.81. The van der Waals surface area contributed by atoms with Crippen molar-refractivity contribution in [1.29, 1.82) is 0 Å². The van der Waals surface area contributed by atoms with Gasteiger partial charge in [-0.3, -0.25) is 19.0 Å². The van der Waals surface area contributed by atoms with Crippen LogP contribution < -0.4 is 20.3 Å². The lowest BCUT2D eigenvalue weighted by molar-refractivity contribution is -0.129. The number of piperazine rings is 1. The number of hydrogen-bond donors (Lipinski definition) is 1. The molecule has 12 nitrogen and oxygen atoms in total. The summed E-state index contributed by atoms with van der Waals surface area (Å²) in [5.41, 5.74) is 1.28. The first-order valence-corrected chi connectivity index (χ1v) is 16.8. The van der Waals surface area contributed by atoms with E-state index in [2.05, 4.69) is 6.58 Å². The molecule has 1 N–H and O–H groups in total. The van der Waals surface area contributed by atoms with Gasteiger partial charge in [-0.2, -0.15) is 0 Å². The highest BCUT2D eigenvalue weighted by molar-refractivity contribution is 6.34. The minimum atomic E-state index is -0.826. The molecule has 50 heavy (non-hydrogen) atoms. The largest absolute Gasteiger partial charge is 0.507 e. The zero-order valence-electron chi connectivity index (χ0n) is 29.3. The molecular weight excluding hydrogens is 663 g/mol. The average Bonchev–Trinajstić information content (AvgIpc) is 3.06. The third-order valence-electron chi connectivity index (χ3n) is 9.31. The molecule has 3 aromatic heterocycles. The van der Waals surface area contributed by atoms with Gasteiger partial charge in [-0.05, 0) is 43.0 Å². The van der Waals surface area contributed by atoms with Crippen LogP contribution in [0.25, 0.3) is 28.0 Å². The summed E-state index contributed by atoms with van der Waals surface area (Å²) in [6.45, 7) is 13.6. The van der Waals surface area contributed by atoms with E-state index in [1.54, 1.807) is 15.9 Å². The SMILES string of the molecule is C=CC(=O)N1C[C@@H]2C(=O)N(C)c3c(c4cc(Cl)c(-c5c(O)cccc5F)nc4n(-c4c(C(C)C)nc(N(C)C)nc4C(C)C)c3=O)N2[C@@H](C)C1. The average molecular weight is 703 g/mol. The molecule has 2 atom stereocenters. The van der Waals surface area contributed by atoms with E-state index in [-0.39, 0.29) is 70.1 Å². The lowest BCUT2D eigenvalue weighted by Gasteiger charge is -2.50. The van der Waals surface area contributed by atoms with Crippen molar-refractivity contribution in [2.75, 3.05) is 48.9 Å². The number of hydrogen-bond acceptors (Lipinski definition) is 9. The maximum atomic E-state index is 15.4. The fraction of sp³-hybridized carbons (Fsp3) is 0.389. The van der Waals surface area contributed by atoms with Gasteiger partial charge in [-0.1, -0.05) is 51.9 Å². The van der Waals surface area contributed by atoms with Crippen LogP contribution in [-0.4, -0.2) is 87.7 Å². The predicted octanol–water partition coefficient (Wildman–Crippen LogP) is 5.22. The van der Waals surface area contributed by atoms with E-state index in [4.69, 9.17) is 26.6 Å². The number of amides is 2. The molecule has 0 bridgehead atoms. The lowest BCUT2D eigenvalue weighted by Crippen LogP contribution is -2.66. The number of rotatable bonds is 6. The molecule has 6 rings (SSSR count). The molecule has 1 fully saturated rings. The Bertz CT molecular complexity index is 2100. The molecule has 4 aromatic rings. The number of carbonyl (C=O) groups is 2. The van der Waals surface area contributed by atoms with Gasteiger partial charge in [0.1, 0.15) is 23.3 Å². The number of phenolic OH excluding ortho intramolecular Hbond substituents is 1. The summed E-state index contributed by atoms with van der Waals surface area (Å²) in [6.07, 6.45) is 1.22. The highest BCUT2D eigenvalue weighted by atomic mass is 35.5. The minimum Gasteiger partial charge on any atom is -0.507 e. The van der Waals surface area contributed by atoms with Crippen molar-refractivity contribution in [1.82, 2.24) is 24.4 Å². The lowest BCUT2D eigenvalue weighted by atomic mass is 9.96. The number of carbonyl (C=O) groups excluding carboxylic acids is 2. The Morgan fingerprint density at radius 3 is 2.26 bits per heavy atom. The molecule has 0 aliphatic carbocycles. The Labute approximate surface area is 294 Å². The summed E-state index contributed by atoms with van der Waals surface area (Å²) in [5.74, 6) is -1.73. The molecule has 262 valence electrons. The monoisotopic (exact) mass is 702 g/mol. The maximum Gasteiger partial charge on any atom is 0.283 e. The first-order chi connectivity index (χ1) is 23.6. The van der Waals surface area contributed by atoms with Gasteiger partial charge in [0.05, 0.1) is 45.6 Å². The van der Waals surface area contributed by atoms with Gasteiger partial charge in [-0.15, -0.1) is 0 Å². The molecule has 0 saturated carbocycles. The van der Waals surface area contributed by atoms with E-state index in [1.807, 2.05) is 53.6 Å². The van der Waals surface area contributed by atoms with Crippen LogP contribution in [0.3, 0.4) is 0 Å². The minimum absolute atomic E-state index is 0.0156. The topological polar surface area (TPSA) is 128 Å². The van der Waals surface area contributed by atoms with Crippen molar-refractivity contribution in [2.24, 2.45) is 0 Å². The van der Waals surface area contributed by atoms with E-state index < -0.39 is 23.5 Å². The summed E-state index contributed by atoms with van der Waals surface area (Å²) in [6, 6.07) is 4.24. The van der Waals surface area contributed by atoms with Gasteiger partial charge in [0.15, 0.2) is 5.65 Å². The van der Waals surface area contributed by atoms with Crippen LogP contribution >= 0.6 is 11.6 Å². The second kappa shape index (κ2) is 12.7. The van der Waals surface area contributed by atoms with Crippen molar-refractivity contribution >= 4 is 51.8 Å². The first-order valence-electron chi connectivity index (χ1n) is 16.4. The fourth-order valence-corrected chi connectivity index (χ4v) is 7.21. The number of anilines is 3. The van der Waals surface area contributed by atoms with Crippen LogP contribution in [0.2, 0.25) is 5.02 Å². The molecule has 5 heterocycles. The number of nitrogens with zero attached hydrogens (tertiary/aromatic N) is 8. The second-order valence-corrected chi connectivity index (χ2v) is 14.0. The fourth-order valence-electron chi connectivity index (χ4n) is 6.96. The highest BCUT2D eigenvalue weighted by Gasteiger charge is 2.47. The molecule has 14 heteroatoms. The maximum absolute atomic E-state index is 15.4. The number of fused-ring (bicyclic) bond motifs is 5. The van der Waals surface area contributed by atoms with Crippen LogP contribution in [0, 0.1) is 5.82 Å². The number of aromatic hydroxyl groups is 1. The molecule has 2 aliphatic heterocycles. The van der Waals surface area contributed by atoms with Gasteiger partial charge in [0.25, 0.3) is 11.5 Å². The Hall–Kier alpha value is -5.04. The standard InChI is InChI=1S/C36H40ClFN8O4/c1-10-25(48)44-15-19(6)45-23(16-44)34(49)43(9)32-30(45)20-14-21(37)29(26-22(38)12-11-13-24(26)47)39-33(20)46(35(32)50)31-27(17(2)3)40-36(42(7)8)41-28(31)18(4)5/h10-14,17-19,23,47H,1,15-16H2,2-9H3/t19-,23+/m0/s1. The van der Waals surface area contributed by atoms with E-state index in [1.165, 1.54) is 40.8 Å². The summed E-state index contributed by atoms with van der Waals surface area (Å²) in [7, 11) is 5.20. The Morgan fingerprint density at radius 2 is 1.70 bits per heavy atom.